The van der Waals surface area contributed by atoms with Crippen LogP contribution < -0.4 is 11.1 Å². The maximum atomic E-state index is 11.5. The minimum absolute atomic E-state index is 0.116. The van der Waals surface area contributed by atoms with Crippen LogP contribution in [0.4, 0.5) is 0 Å². The normalized spacial score (nSPS) is 12.0. The van der Waals surface area contributed by atoms with Gasteiger partial charge in [-0.3, -0.25) is 14.6 Å². The summed E-state index contributed by atoms with van der Waals surface area (Å²) < 4.78 is 4.71. The Bertz CT molecular complexity index is 657. The van der Waals surface area contributed by atoms with Crippen LogP contribution in [0.3, 0.4) is 0 Å². The lowest BCUT2D eigenvalue weighted by Crippen LogP contribution is -2.47. The number of primary amides is 1. The molecule has 6 nitrogen and oxygen atoms in total. The summed E-state index contributed by atoms with van der Waals surface area (Å²) in [6, 6.07) is 10.6. The van der Waals surface area contributed by atoms with Gasteiger partial charge in [0.15, 0.2) is 0 Å². The van der Waals surface area contributed by atoms with Crippen LogP contribution in [0.25, 0.3) is 10.9 Å². The topological polar surface area (TPSA) is 94.3 Å². The number of ether oxygens (including phenoxy) is 1. The molecule has 0 fully saturated rings. The Morgan fingerprint density at radius 1 is 1.29 bits per heavy atom. The van der Waals surface area contributed by atoms with Gasteiger partial charge >= 0.3 is 0 Å². The zero-order valence-electron chi connectivity index (χ0n) is 11.7. The van der Waals surface area contributed by atoms with Crippen molar-refractivity contribution in [3.63, 3.8) is 0 Å². The molecular formula is C15H17N3O3. The number of methoxy groups -OCH3 is 1. The van der Waals surface area contributed by atoms with Gasteiger partial charge in [0, 0.05) is 24.6 Å². The fourth-order valence-corrected chi connectivity index (χ4v) is 2.02. The van der Waals surface area contributed by atoms with E-state index in [1.807, 2.05) is 36.4 Å². The van der Waals surface area contributed by atoms with E-state index in [0.29, 0.717) is 5.69 Å². The Labute approximate surface area is 122 Å². The monoisotopic (exact) mass is 287 g/mol. The van der Waals surface area contributed by atoms with E-state index in [4.69, 9.17) is 10.5 Å². The predicted molar refractivity (Wildman–Crippen MR) is 78.4 cm³/mol. The molecule has 0 bridgehead atoms. The second-order valence-corrected chi connectivity index (χ2v) is 4.65. The number of benzene rings is 1. The van der Waals surface area contributed by atoms with Gasteiger partial charge in [0.2, 0.25) is 11.8 Å². The third-order valence-electron chi connectivity index (χ3n) is 3.02. The molecule has 1 atom stereocenters. The molecule has 0 aliphatic carbocycles. The van der Waals surface area contributed by atoms with E-state index in [0.717, 1.165) is 10.9 Å². The zero-order valence-corrected chi connectivity index (χ0v) is 11.7. The van der Waals surface area contributed by atoms with Crippen LogP contribution in [0.15, 0.2) is 36.4 Å². The van der Waals surface area contributed by atoms with Crippen molar-refractivity contribution >= 4 is 22.7 Å². The molecule has 2 rings (SSSR count). The number of nitrogens with one attached hydrogen (secondary N) is 1. The largest absolute Gasteiger partial charge is 0.375 e. The van der Waals surface area contributed by atoms with Crippen molar-refractivity contribution in [1.29, 1.82) is 0 Å². The van der Waals surface area contributed by atoms with Crippen molar-refractivity contribution in [1.82, 2.24) is 10.3 Å². The molecule has 21 heavy (non-hydrogen) atoms. The van der Waals surface area contributed by atoms with Crippen LogP contribution >= 0.6 is 0 Å². The van der Waals surface area contributed by atoms with Gasteiger partial charge in [0.05, 0.1) is 5.52 Å². The van der Waals surface area contributed by atoms with Gasteiger partial charge in [-0.2, -0.15) is 0 Å². The standard InChI is InChI=1S/C15H17N3O3/c1-21-9-14(19)18-13(15(16)20)8-11-7-6-10-4-2-3-5-12(10)17-11/h2-7,13H,8-9H2,1H3,(H2,16,20)(H,18,19)/t13-/m1/s1. The number of aromatic nitrogens is 1. The van der Waals surface area contributed by atoms with Crippen molar-refractivity contribution in [2.45, 2.75) is 12.5 Å². The summed E-state index contributed by atoms with van der Waals surface area (Å²) in [5.74, 6) is -0.989. The third-order valence-corrected chi connectivity index (χ3v) is 3.02. The molecule has 0 unspecified atom stereocenters. The molecule has 110 valence electrons. The van der Waals surface area contributed by atoms with Gasteiger partial charge in [-0.15, -0.1) is 0 Å². The van der Waals surface area contributed by atoms with E-state index in [1.54, 1.807) is 0 Å². The first kappa shape index (κ1) is 14.9. The fraction of sp³-hybridized carbons (Fsp3) is 0.267. The first-order valence-corrected chi connectivity index (χ1v) is 6.52. The van der Waals surface area contributed by atoms with Crippen LogP contribution in [0.5, 0.6) is 0 Å². The lowest BCUT2D eigenvalue weighted by Gasteiger charge is -2.15. The fourth-order valence-electron chi connectivity index (χ4n) is 2.02. The average molecular weight is 287 g/mol. The van der Waals surface area contributed by atoms with Crippen LogP contribution in [-0.4, -0.2) is 36.6 Å². The quantitative estimate of drug-likeness (QED) is 0.803. The summed E-state index contributed by atoms with van der Waals surface area (Å²) >= 11 is 0. The van der Waals surface area contributed by atoms with Gasteiger partial charge in [-0.1, -0.05) is 24.3 Å². The summed E-state index contributed by atoms with van der Waals surface area (Å²) in [6.45, 7) is -0.116. The van der Waals surface area contributed by atoms with Crippen molar-refractivity contribution in [3.05, 3.63) is 42.1 Å². The zero-order chi connectivity index (χ0) is 15.2. The van der Waals surface area contributed by atoms with Crippen molar-refractivity contribution < 1.29 is 14.3 Å². The summed E-state index contributed by atoms with van der Waals surface area (Å²) in [7, 11) is 1.41. The Morgan fingerprint density at radius 3 is 2.76 bits per heavy atom. The summed E-state index contributed by atoms with van der Waals surface area (Å²) in [6.07, 6.45) is 0.246. The number of amides is 2. The highest BCUT2D eigenvalue weighted by Gasteiger charge is 2.19. The molecule has 1 aromatic carbocycles. The second kappa shape index (κ2) is 6.81. The lowest BCUT2D eigenvalue weighted by molar-refractivity contribution is -0.129. The molecule has 3 N–H and O–H groups in total. The maximum absolute atomic E-state index is 11.5. The number of carbonyl (C=O) groups excluding carboxylic acids is 2. The van der Waals surface area contributed by atoms with Crippen LogP contribution in [0.1, 0.15) is 5.69 Å². The number of rotatable bonds is 6. The average Bonchev–Trinajstić information content (AvgIpc) is 2.46. The number of nitrogens with zero attached hydrogens (tertiary/aromatic N) is 1. The number of hydrogen-bond acceptors (Lipinski definition) is 4. The number of hydrogen-bond donors (Lipinski definition) is 2. The van der Waals surface area contributed by atoms with E-state index in [9.17, 15) is 9.59 Å². The molecule has 0 saturated heterocycles. The van der Waals surface area contributed by atoms with E-state index in [2.05, 4.69) is 10.3 Å². The first-order valence-electron chi connectivity index (χ1n) is 6.52. The predicted octanol–water partition coefficient (Wildman–Crippen LogP) is 0.394. The van der Waals surface area contributed by atoms with Gasteiger partial charge in [-0.05, 0) is 12.1 Å². The van der Waals surface area contributed by atoms with E-state index < -0.39 is 11.9 Å². The van der Waals surface area contributed by atoms with Gasteiger partial charge in [0.1, 0.15) is 12.6 Å². The Hall–Kier alpha value is -2.47. The summed E-state index contributed by atoms with van der Waals surface area (Å²) in [4.78, 5) is 27.4. The number of pyridine rings is 1. The molecule has 2 aromatic rings. The van der Waals surface area contributed by atoms with Gasteiger partial charge < -0.3 is 15.8 Å². The smallest absolute Gasteiger partial charge is 0.246 e. The van der Waals surface area contributed by atoms with Crippen LogP contribution in [-0.2, 0) is 20.7 Å². The summed E-state index contributed by atoms with van der Waals surface area (Å²) in [5.41, 5.74) is 6.84. The number of nitrogens with two attached hydrogens (primary N) is 1. The molecule has 0 aliphatic heterocycles. The van der Waals surface area contributed by atoms with E-state index >= 15 is 0 Å². The highest BCUT2D eigenvalue weighted by molar-refractivity contribution is 5.87. The van der Waals surface area contributed by atoms with Crippen molar-refractivity contribution in [2.24, 2.45) is 5.73 Å². The highest BCUT2D eigenvalue weighted by atomic mass is 16.5. The van der Waals surface area contributed by atoms with Crippen molar-refractivity contribution in [2.75, 3.05) is 13.7 Å². The molecule has 0 aliphatic rings. The van der Waals surface area contributed by atoms with Crippen LogP contribution in [0.2, 0.25) is 0 Å². The highest BCUT2D eigenvalue weighted by Crippen LogP contribution is 2.12. The molecular weight excluding hydrogens is 270 g/mol. The summed E-state index contributed by atoms with van der Waals surface area (Å²) in [5, 5.41) is 3.55. The third kappa shape index (κ3) is 4.00. The van der Waals surface area contributed by atoms with Crippen LogP contribution in [0, 0.1) is 0 Å². The molecule has 6 heteroatoms. The van der Waals surface area contributed by atoms with Crippen molar-refractivity contribution in [3.8, 4) is 0 Å². The Kier molecular flexibility index (Phi) is 4.84. The number of carbonyl (C=O) groups is 2. The molecule has 0 radical (unpaired) electrons. The Morgan fingerprint density at radius 2 is 2.05 bits per heavy atom. The minimum atomic E-state index is -0.804. The van der Waals surface area contributed by atoms with E-state index in [-0.39, 0.29) is 18.9 Å². The number of para-hydroxylation sites is 1. The maximum Gasteiger partial charge on any atom is 0.246 e. The lowest BCUT2D eigenvalue weighted by atomic mass is 10.1. The van der Waals surface area contributed by atoms with Gasteiger partial charge in [-0.25, -0.2) is 0 Å². The molecule has 1 heterocycles. The van der Waals surface area contributed by atoms with Gasteiger partial charge in [0.25, 0.3) is 0 Å². The Balaban J connectivity index is 2.14. The molecule has 1 aromatic heterocycles. The first-order chi connectivity index (χ1) is 10.1. The number of fused-ring (bicyclic) bond motifs is 1. The molecule has 0 spiro atoms. The van der Waals surface area contributed by atoms with E-state index in [1.165, 1.54) is 7.11 Å². The SMILES string of the molecule is COCC(=O)N[C@H](Cc1ccc2ccccc2n1)C(N)=O. The minimum Gasteiger partial charge on any atom is -0.375 e. The second-order valence-electron chi connectivity index (χ2n) is 4.65. The molecule has 0 saturated carbocycles. The molecule has 2 amide bonds.